The molecule has 3 aromatic rings. The van der Waals surface area contributed by atoms with E-state index in [1.54, 1.807) is 10.6 Å². The summed E-state index contributed by atoms with van der Waals surface area (Å²) in [7, 11) is 0. The SMILES string of the molecule is O=c1ccc2ccccc2n1Cc1ccc(Br)cc1Cl. The Labute approximate surface area is 129 Å². The topological polar surface area (TPSA) is 22.0 Å². The van der Waals surface area contributed by atoms with Gasteiger partial charge in [-0.15, -0.1) is 0 Å². The molecule has 0 aliphatic rings. The monoisotopic (exact) mass is 347 g/mol. The van der Waals surface area contributed by atoms with Gasteiger partial charge in [0.05, 0.1) is 12.1 Å². The van der Waals surface area contributed by atoms with Crippen molar-refractivity contribution >= 4 is 38.4 Å². The molecule has 0 spiro atoms. The van der Waals surface area contributed by atoms with E-state index >= 15 is 0 Å². The Kier molecular flexibility index (Phi) is 3.64. The Bertz CT molecular complexity index is 841. The molecule has 0 fully saturated rings. The highest BCUT2D eigenvalue weighted by molar-refractivity contribution is 9.10. The van der Waals surface area contributed by atoms with Crippen LogP contribution in [0.2, 0.25) is 5.02 Å². The van der Waals surface area contributed by atoms with Crippen LogP contribution in [0.5, 0.6) is 0 Å². The van der Waals surface area contributed by atoms with Crippen LogP contribution in [0.25, 0.3) is 10.9 Å². The Morgan fingerprint density at radius 2 is 1.85 bits per heavy atom. The van der Waals surface area contributed by atoms with Gasteiger partial charge in [0.1, 0.15) is 0 Å². The molecule has 20 heavy (non-hydrogen) atoms. The first-order valence-electron chi connectivity index (χ1n) is 6.18. The number of hydrogen-bond donors (Lipinski definition) is 0. The average molecular weight is 349 g/mol. The third-order valence-electron chi connectivity index (χ3n) is 3.24. The zero-order chi connectivity index (χ0) is 14.1. The summed E-state index contributed by atoms with van der Waals surface area (Å²) in [5.41, 5.74) is 1.81. The number of halogens is 2. The molecule has 0 unspecified atom stereocenters. The zero-order valence-corrected chi connectivity index (χ0v) is 12.9. The minimum atomic E-state index is -0.0253. The minimum Gasteiger partial charge on any atom is -0.304 e. The van der Waals surface area contributed by atoms with Gasteiger partial charge in [-0.2, -0.15) is 0 Å². The van der Waals surface area contributed by atoms with E-state index in [2.05, 4.69) is 15.9 Å². The number of pyridine rings is 1. The van der Waals surface area contributed by atoms with E-state index in [4.69, 9.17) is 11.6 Å². The standard InChI is InChI=1S/C16H11BrClNO/c17-13-7-5-12(14(18)9-13)10-19-15-4-2-1-3-11(15)6-8-16(19)20/h1-9H,10H2. The van der Waals surface area contributed by atoms with E-state index in [0.717, 1.165) is 20.9 Å². The molecule has 0 radical (unpaired) electrons. The van der Waals surface area contributed by atoms with Crippen LogP contribution in [0.3, 0.4) is 0 Å². The third kappa shape index (κ3) is 2.51. The van der Waals surface area contributed by atoms with Crippen LogP contribution < -0.4 is 5.56 Å². The number of para-hydroxylation sites is 1. The molecule has 2 nitrogen and oxygen atoms in total. The maximum absolute atomic E-state index is 12.1. The molecule has 1 aromatic heterocycles. The molecule has 0 aliphatic heterocycles. The van der Waals surface area contributed by atoms with Crippen molar-refractivity contribution in [2.75, 3.05) is 0 Å². The Morgan fingerprint density at radius 3 is 2.65 bits per heavy atom. The van der Waals surface area contributed by atoms with Gasteiger partial charge in [-0.05, 0) is 35.2 Å². The van der Waals surface area contributed by atoms with Crippen LogP contribution in [0.4, 0.5) is 0 Å². The number of fused-ring (bicyclic) bond motifs is 1. The van der Waals surface area contributed by atoms with Gasteiger partial charge in [0.2, 0.25) is 0 Å². The Hall–Kier alpha value is -1.58. The molecule has 4 heteroatoms. The smallest absolute Gasteiger partial charge is 0.251 e. The summed E-state index contributed by atoms with van der Waals surface area (Å²) in [6.45, 7) is 0.465. The predicted octanol–water partition coefficient (Wildman–Crippen LogP) is 4.47. The summed E-state index contributed by atoms with van der Waals surface area (Å²) in [6.07, 6.45) is 0. The number of nitrogens with zero attached hydrogens (tertiary/aromatic N) is 1. The molecule has 0 saturated heterocycles. The zero-order valence-electron chi connectivity index (χ0n) is 10.5. The van der Waals surface area contributed by atoms with Gasteiger partial charge in [0, 0.05) is 15.6 Å². The van der Waals surface area contributed by atoms with Gasteiger partial charge < -0.3 is 4.57 Å². The van der Waals surface area contributed by atoms with Crippen molar-refractivity contribution in [1.82, 2.24) is 4.57 Å². The molecule has 2 aromatic carbocycles. The molecule has 3 rings (SSSR count). The minimum absolute atomic E-state index is 0.0253. The van der Waals surface area contributed by atoms with E-state index in [9.17, 15) is 4.79 Å². The summed E-state index contributed by atoms with van der Waals surface area (Å²) in [6, 6.07) is 17.0. The summed E-state index contributed by atoms with van der Waals surface area (Å²) in [5, 5.41) is 1.69. The molecule has 0 aliphatic carbocycles. The number of benzene rings is 2. The first-order chi connectivity index (χ1) is 9.65. The first kappa shape index (κ1) is 13.4. The Morgan fingerprint density at radius 1 is 1.05 bits per heavy atom. The summed E-state index contributed by atoms with van der Waals surface area (Å²) in [4.78, 5) is 12.1. The van der Waals surface area contributed by atoms with Crippen molar-refractivity contribution in [3.05, 3.63) is 80.0 Å². The largest absolute Gasteiger partial charge is 0.304 e. The quantitative estimate of drug-likeness (QED) is 0.670. The first-order valence-corrected chi connectivity index (χ1v) is 7.35. The van der Waals surface area contributed by atoms with Crippen molar-refractivity contribution in [2.24, 2.45) is 0 Å². The lowest BCUT2D eigenvalue weighted by Gasteiger charge is -2.11. The summed E-state index contributed by atoms with van der Waals surface area (Å²) < 4.78 is 2.67. The van der Waals surface area contributed by atoms with Crippen molar-refractivity contribution < 1.29 is 0 Å². The molecular formula is C16H11BrClNO. The van der Waals surface area contributed by atoms with E-state index in [-0.39, 0.29) is 5.56 Å². The van der Waals surface area contributed by atoms with Gasteiger partial charge in [0.25, 0.3) is 5.56 Å². The lowest BCUT2D eigenvalue weighted by atomic mass is 10.2. The fraction of sp³-hybridized carbons (Fsp3) is 0.0625. The predicted molar refractivity (Wildman–Crippen MR) is 86.5 cm³/mol. The molecule has 0 amide bonds. The maximum atomic E-state index is 12.1. The van der Waals surface area contributed by atoms with Crippen molar-refractivity contribution in [3.63, 3.8) is 0 Å². The second kappa shape index (κ2) is 5.43. The summed E-state index contributed by atoms with van der Waals surface area (Å²) >= 11 is 9.62. The number of rotatable bonds is 2. The molecule has 0 N–H and O–H groups in total. The van der Waals surface area contributed by atoms with Gasteiger partial charge in [-0.1, -0.05) is 51.8 Å². The highest BCUT2D eigenvalue weighted by Gasteiger charge is 2.06. The second-order valence-electron chi connectivity index (χ2n) is 4.55. The van der Waals surface area contributed by atoms with Gasteiger partial charge in [-0.25, -0.2) is 0 Å². The van der Waals surface area contributed by atoms with Crippen LogP contribution >= 0.6 is 27.5 Å². The van der Waals surface area contributed by atoms with E-state index in [0.29, 0.717) is 11.6 Å². The number of aromatic nitrogens is 1. The average Bonchev–Trinajstić information content (AvgIpc) is 2.44. The molecule has 0 bridgehead atoms. The molecule has 100 valence electrons. The van der Waals surface area contributed by atoms with E-state index < -0.39 is 0 Å². The van der Waals surface area contributed by atoms with Crippen LogP contribution in [-0.2, 0) is 6.54 Å². The van der Waals surface area contributed by atoms with Crippen LogP contribution in [-0.4, -0.2) is 4.57 Å². The summed E-state index contributed by atoms with van der Waals surface area (Å²) in [5.74, 6) is 0. The number of hydrogen-bond acceptors (Lipinski definition) is 1. The lowest BCUT2D eigenvalue weighted by molar-refractivity contribution is 0.795. The molecule has 1 heterocycles. The highest BCUT2D eigenvalue weighted by atomic mass is 79.9. The van der Waals surface area contributed by atoms with Crippen molar-refractivity contribution in [1.29, 1.82) is 0 Å². The molecule has 0 saturated carbocycles. The van der Waals surface area contributed by atoms with Crippen LogP contribution in [0.15, 0.2) is 63.9 Å². The normalized spacial score (nSPS) is 10.9. The van der Waals surface area contributed by atoms with Crippen LogP contribution in [0.1, 0.15) is 5.56 Å². The van der Waals surface area contributed by atoms with Crippen LogP contribution in [0, 0.1) is 0 Å². The highest BCUT2D eigenvalue weighted by Crippen LogP contribution is 2.23. The van der Waals surface area contributed by atoms with Crippen molar-refractivity contribution in [3.8, 4) is 0 Å². The fourth-order valence-electron chi connectivity index (χ4n) is 2.23. The lowest BCUT2D eigenvalue weighted by Crippen LogP contribution is -2.20. The van der Waals surface area contributed by atoms with Gasteiger partial charge in [0.15, 0.2) is 0 Å². The van der Waals surface area contributed by atoms with Gasteiger partial charge >= 0.3 is 0 Å². The maximum Gasteiger partial charge on any atom is 0.251 e. The van der Waals surface area contributed by atoms with Crippen molar-refractivity contribution in [2.45, 2.75) is 6.54 Å². The van der Waals surface area contributed by atoms with E-state index in [1.165, 1.54) is 0 Å². The molecule has 0 atom stereocenters. The molecular weight excluding hydrogens is 338 g/mol. The van der Waals surface area contributed by atoms with Gasteiger partial charge in [-0.3, -0.25) is 4.79 Å². The third-order valence-corrected chi connectivity index (χ3v) is 4.09. The Balaban J connectivity index is 2.15. The van der Waals surface area contributed by atoms with E-state index in [1.807, 2.05) is 48.5 Å². The fourth-order valence-corrected chi connectivity index (χ4v) is 2.96. The second-order valence-corrected chi connectivity index (χ2v) is 5.88.